The summed E-state index contributed by atoms with van der Waals surface area (Å²) in [6.45, 7) is 0. The average molecular weight is 286 g/mol. The molecular formula is C13H11FN6O. The smallest absolute Gasteiger partial charge is 0.269 e. The minimum absolute atomic E-state index is 0.196. The molecule has 0 aliphatic carbocycles. The highest BCUT2D eigenvalue weighted by molar-refractivity contribution is 5.90. The first-order chi connectivity index (χ1) is 10.1. The Morgan fingerprint density at radius 1 is 1.38 bits per heavy atom. The minimum atomic E-state index is -0.577. The third-order valence-electron chi connectivity index (χ3n) is 2.87. The Labute approximate surface area is 118 Å². The Morgan fingerprint density at radius 3 is 2.81 bits per heavy atom. The van der Waals surface area contributed by atoms with Crippen molar-refractivity contribution in [3.05, 3.63) is 59.6 Å². The quantitative estimate of drug-likeness (QED) is 0.741. The Bertz CT molecular complexity index is 776. The van der Waals surface area contributed by atoms with Crippen molar-refractivity contribution in [1.29, 1.82) is 0 Å². The van der Waals surface area contributed by atoms with Gasteiger partial charge in [0.2, 0.25) is 0 Å². The van der Waals surface area contributed by atoms with Crippen molar-refractivity contribution in [2.24, 2.45) is 5.73 Å². The average Bonchev–Trinajstić information content (AvgIpc) is 3.09. The lowest BCUT2D eigenvalue weighted by Crippen LogP contribution is -2.11. The molecule has 3 aromatic heterocycles. The van der Waals surface area contributed by atoms with Crippen LogP contribution in [-0.2, 0) is 6.42 Å². The number of primary amides is 1. The van der Waals surface area contributed by atoms with Gasteiger partial charge in [0.25, 0.3) is 5.91 Å². The summed E-state index contributed by atoms with van der Waals surface area (Å²) in [7, 11) is 0. The van der Waals surface area contributed by atoms with Crippen LogP contribution in [0.15, 0.2) is 36.8 Å². The molecule has 3 N–H and O–H groups in total. The molecule has 1 amide bonds. The van der Waals surface area contributed by atoms with Gasteiger partial charge in [0.1, 0.15) is 5.69 Å². The van der Waals surface area contributed by atoms with Gasteiger partial charge >= 0.3 is 0 Å². The standard InChI is InChI=1S/C13H11FN6O/c14-9-6-17-20(7-9)12-2-1-8(5-16-12)3-10-4-11(13(15)21)19-18-10/h1-2,4-7H,3H2,(H2,15,21)(H,18,19). The van der Waals surface area contributed by atoms with Crippen LogP contribution in [0.2, 0.25) is 0 Å². The molecule has 3 aromatic rings. The third-order valence-corrected chi connectivity index (χ3v) is 2.87. The summed E-state index contributed by atoms with van der Waals surface area (Å²) < 4.78 is 14.2. The number of pyridine rings is 1. The summed E-state index contributed by atoms with van der Waals surface area (Å²) in [4.78, 5) is 15.2. The summed E-state index contributed by atoms with van der Waals surface area (Å²) in [6, 6.07) is 5.17. The second-order valence-electron chi connectivity index (χ2n) is 4.45. The lowest BCUT2D eigenvalue weighted by Gasteiger charge is -2.02. The molecule has 0 radical (unpaired) electrons. The van der Waals surface area contributed by atoms with Gasteiger partial charge in [0, 0.05) is 18.3 Å². The van der Waals surface area contributed by atoms with Gasteiger partial charge in [-0.15, -0.1) is 0 Å². The summed E-state index contributed by atoms with van der Waals surface area (Å²) in [5, 5.41) is 10.4. The van der Waals surface area contributed by atoms with Crippen molar-refractivity contribution >= 4 is 5.91 Å². The fourth-order valence-electron chi connectivity index (χ4n) is 1.88. The predicted octanol–water partition coefficient (Wildman–Crippen LogP) is 0.819. The Morgan fingerprint density at radius 2 is 2.24 bits per heavy atom. The number of carbonyl (C=O) groups is 1. The van der Waals surface area contributed by atoms with Crippen LogP contribution in [0.3, 0.4) is 0 Å². The number of aromatic amines is 1. The predicted molar refractivity (Wildman–Crippen MR) is 71.2 cm³/mol. The van der Waals surface area contributed by atoms with Crippen LogP contribution in [0.1, 0.15) is 21.7 Å². The maximum absolute atomic E-state index is 12.9. The summed E-state index contributed by atoms with van der Waals surface area (Å²) in [5.74, 6) is -0.478. The number of amides is 1. The SMILES string of the molecule is NC(=O)c1cc(Cc2ccc(-n3cc(F)cn3)nc2)[nH]n1. The molecule has 0 spiro atoms. The van der Waals surface area contributed by atoms with Crippen molar-refractivity contribution in [3.8, 4) is 5.82 Å². The van der Waals surface area contributed by atoms with E-state index in [9.17, 15) is 9.18 Å². The maximum Gasteiger partial charge on any atom is 0.269 e. The fraction of sp³-hybridized carbons (Fsp3) is 0.0769. The van der Waals surface area contributed by atoms with E-state index in [1.807, 2.05) is 6.07 Å². The van der Waals surface area contributed by atoms with Crippen molar-refractivity contribution in [3.63, 3.8) is 0 Å². The minimum Gasteiger partial charge on any atom is -0.364 e. The summed E-state index contributed by atoms with van der Waals surface area (Å²) in [6.07, 6.45) is 4.54. The molecule has 0 unspecified atom stereocenters. The fourth-order valence-corrected chi connectivity index (χ4v) is 1.88. The van der Waals surface area contributed by atoms with E-state index in [1.165, 1.54) is 10.9 Å². The Hall–Kier alpha value is -3.03. The van der Waals surface area contributed by atoms with Crippen molar-refractivity contribution in [2.75, 3.05) is 0 Å². The number of aromatic nitrogens is 5. The van der Waals surface area contributed by atoms with E-state index < -0.39 is 11.7 Å². The number of nitrogens with two attached hydrogens (primary N) is 1. The van der Waals surface area contributed by atoms with E-state index >= 15 is 0 Å². The maximum atomic E-state index is 12.9. The van der Waals surface area contributed by atoms with Crippen LogP contribution < -0.4 is 5.73 Å². The largest absolute Gasteiger partial charge is 0.364 e. The van der Waals surface area contributed by atoms with Gasteiger partial charge < -0.3 is 5.73 Å². The van der Waals surface area contributed by atoms with Gasteiger partial charge in [0.15, 0.2) is 11.6 Å². The van der Waals surface area contributed by atoms with Crippen molar-refractivity contribution in [1.82, 2.24) is 25.0 Å². The number of nitrogens with one attached hydrogen (secondary N) is 1. The molecule has 3 heterocycles. The van der Waals surface area contributed by atoms with Crippen LogP contribution in [0.4, 0.5) is 4.39 Å². The van der Waals surface area contributed by atoms with E-state index in [2.05, 4.69) is 20.3 Å². The van der Waals surface area contributed by atoms with E-state index in [4.69, 9.17) is 5.73 Å². The molecule has 0 saturated heterocycles. The molecule has 0 aromatic carbocycles. The highest BCUT2D eigenvalue weighted by Gasteiger charge is 2.07. The number of rotatable bonds is 4. The molecule has 0 aliphatic heterocycles. The van der Waals surface area contributed by atoms with E-state index in [0.717, 1.165) is 17.5 Å². The number of halogens is 1. The number of carbonyl (C=O) groups excluding carboxylic acids is 1. The van der Waals surface area contributed by atoms with Gasteiger partial charge in [-0.05, 0) is 17.7 Å². The van der Waals surface area contributed by atoms with Gasteiger partial charge in [-0.2, -0.15) is 10.2 Å². The first-order valence-corrected chi connectivity index (χ1v) is 6.11. The third kappa shape index (κ3) is 2.78. The van der Waals surface area contributed by atoms with Crippen molar-refractivity contribution < 1.29 is 9.18 Å². The molecule has 0 aliphatic rings. The molecule has 0 atom stereocenters. The Balaban J connectivity index is 1.76. The number of nitrogens with zero attached hydrogens (tertiary/aromatic N) is 4. The normalized spacial score (nSPS) is 10.7. The van der Waals surface area contributed by atoms with Gasteiger partial charge in [-0.25, -0.2) is 14.1 Å². The number of H-pyrrole nitrogens is 1. The van der Waals surface area contributed by atoms with E-state index in [-0.39, 0.29) is 5.69 Å². The highest BCUT2D eigenvalue weighted by Crippen LogP contribution is 2.10. The zero-order chi connectivity index (χ0) is 14.8. The lowest BCUT2D eigenvalue weighted by molar-refractivity contribution is 0.0995. The van der Waals surface area contributed by atoms with Crippen LogP contribution in [0.5, 0.6) is 0 Å². The molecule has 0 fully saturated rings. The first kappa shape index (κ1) is 13.0. The van der Waals surface area contributed by atoms with E-state index in [0.29, 0.717) is 12.2 Å². The second kappa shape index (κ2) is 5.16. The topological polar surface area (TPSA) is 102 Å². The molecule has 0 bridgehead atoms. The first-order valence-electron chi connectivity index (χ1n) is 6.11. The molecule has 7 nitrogen and oxygen atoms in total. The van der Waals surface area contributed by atoms with Gasteiger partial charge in [-0.1, -0.05) is 6.07 Å². The van der Waals surface area contributed by atoms with Crippen LogP contribution >= 0.6 is 0 Å². The molecule has 0 saturated carbocycles. The highest BCUT2D eigenvalue weighted by atomic mass is 19.1. The zero-order valence-electron chi connectivity index (χ0n) is 10.8. The number of hydrogen-bond acceptors (Lipinski definition) is 4. The van der Waals surface area contributed by atoms with Crippen molar-refractivity contribution in [2.45, 2.75) is 6.42 Å². The lowest BCUT2D eigenvalue weighted by atomic mass is 10.1. The molecular weight excluding hydrogens is 275 g/mol. The van der Waals surface area contributed by atoms with E-state index in [1.54, 1.807) is 18.3 Å². The molecule has 106 valence electrons. The van der Waals surface area contributed by atoms with Crippen LogP contribution in [0, 0.1) is 5.82 Å². The second-order valence-corrected chi connectivity index (χ2v) is 4.45. The zero-order valence-corrected chi connectivity index (χ0v) is 10.8. The van der Waals surface area contributed by atoms with Gasteiger partial charge in [-0.3, -0.25) is 9.89 Å². The van der Waals surface area contributed by atoms with Crippen LogP contribution in [0.25, 0.3) is 5.82 Å². The monoisotopic (exact) mass is 286 g/mol. The Kier molecular flexibility index (Phi) is 3.19. The summed E-state index contributed by atoms with van der Waals surface area (Å²) in [5.41, 5.74) is 6.99. The van der Waals surface area contributed by atoms with Gasteiger partial charge in [0.05, 0.1) is 12.4 Å². The molecule has 3 rings (SSSR count). The number of hydrogen-bond donors (Lipinski definition) is 2. The summed E-state index contributed by atoms with van der Waals surface area (Å²) >= 11 is 0. The molecule has 21 heavy (non-hydrogen) atoms. The molecule has 8 heteroatoms. The van der Waals surface area contributed by atoms with Crippen LogP contribution in [-0.4, -0.2) is 30.9 Å².